The van der Waals surface area contributed by atoms with Gasteiger partial charge < -0.3 is 15.4 Å². The number of nitrogens with one attached hydrogen (secondary N) is 2. The lowest BCUT2D eigenvalue weighted by molar-refractivity contribution is -0.120. The van der Waals surface area contributed by atoms with Gasteiger partial charge in [0.05, 0.1) is 12.6 Å². The van der Waals surface area contributed by atoms with E-state index in [4.69, 9.17) is 4.74 Å². The first-order valence-corrected chi connectivity index (χ1v) is 4.56. The Morgan fingerprint density at radius 1 is 1.46 bits per heavy atom. The van der Waals surface area contributed by atoms with Gasteiger partial charge in [0, 0.05) is 13.7 Å². The molecule has 0 rings (SSSR count). The van der Waals surface area contributed by atoms with Crippen LogP contribution in [0, 0.1) is 5.92 Å². The van der Waals surface area contributed by atoms with Crippen molar-refractivity contribution in [1.82, 2.24) is 10.6 Å². The fraction of sp³-hybridized carbons (Fsp3) is 0.889. The minimum atomic E-state index is 0.00481. The maximum Gasteiger partial charge on any atom is 0.234 e. The van der Waals surface area contributed by atoms with Crippen LogP contribution in [-0.2, 0) is 9.53 Å². The van der Waals surface area contributed by atoms with Gasteiger partial charge in [-0.05, 0) is 13.0 Å². The minimum absolute atomic E-state index is 0.00481. The van der Waals surface area contributed by atoms with Crippen LogP contribution in [0.25, 0.3) is 0 Å². The van der Waals surface area contributed by atoms with Crippen LogP contribution in [0.2, 0.25) is 0 Å². The number of rotatable bonds is 6. The Morgan fingerprint density at radius 3 is 2.46 bits per heavy atom. The molecule has 0 aliphatic rings. The van der Waals surface area contributed by atoms with Gasteiger partial charge in [0.1, 0.15) is 0 Å². The van der Waals surface area contributed by atoms with E-state index in [1.807, 2.05) is 0 Å². The molecule has 78 valence electrons. The summed E-state index contributed by atoms with van der Waals surface area (Å²) < 4.78 is 5.21. The van der Waals surface area contributed by atoms with E-state index in [0.717, 1.165) is 0 Å². The van der Waals surface area contributed by atoms with Crippen LogP contribution in [0.15, 0.2) is 0 Å². The predicted molar refractivity (Wildman–Crippen MR) is 52.6 cm³/mol. The monoisotopic (exact) mass is 188 g/mol. The molecule has 0 heterocycles. The second-order valence-electron chi connectivity index (χ2n) is 3.35. The van der Waals surface area contributed by atoms with Crippen LogP contribution in [0.1, 0.15) is 13.8 Å². The first kappa shape index (κ1) is 12.4. The molecule has 1 unspecified atom stereocenters. The predicted octanol–water partition coefficient (Wildman–Crippen LogP) is -0.00700. The van der Waals surface area contributed by atoms with Gasteiger partial charge in [-0.3, -0.25) is 4.79 Å². The zero-order chi connectivity index (χ0) is 10.3. The highest BCUT2D eigenvalue weighted by Crippen LogP contribution is 2.03. The summed E-state index contributed by atoms with van der Waals surface area (Å²) in [7, 11) is 3.41. The third-order valence-electron chi connectivity index (χ3n) is 1.88. The second kappa shape index (κ2) is 6.86. The van der Waals surface area contributed by atoms with Gasteiger partial charge in [0.25, 0.3) is 0 Å². The number of ether oxygens (including phenoxy) is 1. The highest BCUT2D eigenvalue weighted by Gasteiger charge is 2.12. The van der Waals surface area contributed by atoms with Crippen molar-refractivity contribution in [3.63, 3.8) is 0 Å². The highest BCUT2D eigenvalue weighted by atomic mass is 16.5. The van der Waals surface area contributed by atoms with Crippen LogP contribution < -0.4 is 10.6 Å². The van der Waals surface area contributed by atoms with Crippen LogP contribution in [-0.4, -0.2) is 39.3 Å². The number of carbonyl (C=O) groups is 1. The molecule has 0 bridgehead atoms. The van der Waals surface area contributed by atoms with Crippen molar-refractivity contribution in [2.75, 3.05) is 27.2 Å². The standard InChI is InChI=1S/C9H20N2O2/c1-7(2)8(13-4)5-11-9(12)6-10-3/h7-8,10H,5-6H2,1-4H3,(H,11,12). The lowest BCUT2D eigenvalue weighted by Crippen LogP contribution is -2.39. The number of likely N-dealkylation sites (N-methyl/N-ethyl adjacent to an activating group) is 1. The zero-order valence-corrected chi connectivity index (χ0v) is 8.89. The third kappa shape index (κ3) is 5.60. The lowest BCUT2D eigenvalue weighted by Gasteiger charge is -2.19. The van der Waals surface area contributed by atoms with Gasteiger partial charge in [0.2, 0.25) is 5.91 Å². The molecule has 0 aromatic carbocycles. The van der Waals surface area contributed by atoms with Crippen LogP contribution in [0.3, 0.4) is 0 Å². The van der Waals surface area contributed by atoms with Crippen LogP contribution in [0.5, 0.6) is 0 Å². The fourth-order valence-electron chi connectivity index (χ4n) is 1.03. The van der Waals surface area contributed by atoms with E-state index in [-0.39, 0.29) is 12.0 Å². The van der Waals surface area contributed by atoms with Gasteiger partial charge in [0.15, 0.2) is 0 Å². The smallest absolute Gasteiger partial charge is 0.234 e. The topological polar surface area (TPSA) is 50.4 Å². The highest BCUT2D eigenvalue weighted by molar-refractivity contribution is 5.77. The average molecular weight is 188 g/mol. The van der Waals surface area contributed by atoms with Gasteiger partial charge in [-0.2, -0.15) is 0 Å². The molecule has 0 aliphatic heterocycles. The number of hydrogen-bond donors (Lipinski definition) is 2. The van der Waals surface area contributed by atoms with E-state index in [9.17, 15) is 4.79 Å². The second-order valence-corrected chi connectivity index (χ2v) is 3.35. The maximum absolute atomic E-state index is 11.1. The molecule has 0 aliphatic carbocycles. The van der Waals surface area contributed by atoms with Crippen molar-refractivity contribution in [2.24, 2.45) is 5.92 Å². The van der Waals surface area contributed by atoms with Gasteiger partial charge in [-0.1, -0.05) is 13.8 Å². The summed E-state index contributed by atoms with van der Waals surface area (Å²) in [5.74, 6) is 0.421. The number of carbonyl (C=O) groups excluding carboxylic acids is 1. The van der Waals surface area contributed by atoms with Crippen molar-refractivity contribution in [2.45, 2.75) is 20.0 Å². The molecule has 0 radical (unpaired) electrons. The van der Waals surface area contributed by atoms with E-state index < -0.39 is 0 Å². The fourth-order valence-corrected chi connectivity index (χ4v) is 1.03. The Kier molecular flexibility index (Phi) is 6.54. The molecule has 13 heavy (non-hydrogen) atoms. The SMILES string of the molecule is CNCC(=O)NCC(OC)C(C)C. The summed E-state index contributed by atoms with van der Waals surface area (Å²) in [4.78, 5) is 11.1. The summed E-state index contributed by atoms with van der Waals surface area (Å²) in [6.07, 6.45) is 0.0980. The molecule has 1 atom stereocenters. The first-order chi connectivity index (χ1) is 6.11. The molecule has 0 fully saturated rings. The summed E-state index contributed by atoms with van der Waals surface area (Å²) in [5, 5.41) is 5.58. The van der Waals surface area contributed by atoms with Crippen molar-refractivity contribution >= 4 is 5.91 Å². The number of hydrogen-bond acceptors (Lipinski definition) is 3. The van der Waals surface area contributed by atoms with Crippen molar-refractivity contribution in [3.8, 4) is 0 Å². The van der Waals surface area contributed by atoms with Crippen molar-refractivity contribution in [3.05, 3.63) is 0 Å². The average Bonchev–Trinajstić information content (AvgIpc) is 2.05. The lowest BCUT2D eigenvalue weighted by atomic mass is 10.1. The molecule has 0 spiro atoms. The summed E-state index contributed by atoms with van der Waals surface area (Å²) in [6.45, 7) is 5.07. The Hall–Kier alpha value is -0.610. The summed E-state index contributed by atoms with van der Waals surface area (Å²) in [5.41, 5.74) is 0. The normalized spacial score (nSPS) is 13.0. The Morgan fingerprint density at radius 2 is 2.08 bits per heavy atom. The van der Waals surface area contributed by atoms with Crippen LogP contribution >= 0.6 is 0 Å². The zero-order valence-electron chi connectivity index (χ0n) is 8.89. The van der Waals surface area contributed by atoms with Crippen LogP contribution in [0.4, 0.5) is 0 Å². The first-order valence-electron chi connectivity index (χ1n) is 4.56. The van der Waals surface area contributed by atoms with E-state index in [2.05, 4.69) is 24.5 Å². The van der Waals surface area contributed by atoms with Gasteiger partial charge in [-0.25, -0.2) is 0 Å². The Labute approximate surface area is 80.0 Å². The maximum atomic E-state index is 11.1. The molecule has 0 aromatic heterocycles. The Balaban J connectivity index is 3.65. The molecule has 0 aromatic rings. The van der Waals surface area contributed by atoms with Crippen molar-refractivity contribution in [1.29, 1.82) is 0 Å². The molecule has 0 saturated heterocycles. The molecule has 0 saturated carbocycles. The molecule has 1 amide bonds. The number of methoxy groups -OCH3 is 1. The van der Waals surface area contributed by atoms with Crippen molar-refractivity contribution < 1.29 is 9.53 Å². The molecule has 4 nitrogen and oxygen atoms in total. The summed E-state index contributed by atoms with van der Waals surface area (Å²) >= 11 is 0. The quantitative estimate of drug-likeness (QED) is 0.616. The van der Waals surface area contributed by atoms with Gasteiger partial charge >= 0.3 is 0 Å². The molecule has 2 N–H and O–H groups in total. The minimum Gasteiger partial charge on any atom is -0.379 e. The largest absolute Gasteiger partial charge is 0.379 e. The molecular weight excluding hydrogens is 168 g/mol. The summed E-state index contributed by atoms with van der Waals surface area (Å²) in [6, 6.07) is 0. The van der Waals surface area contributed by atoms with E-state index in [1.54, 1.807) is 14.2 Å². The van der Waals surface area contributed by atoms with E-state index in [1.165, 1.54) is 0 Å². The molecule has 4 heteroatoms. The van der Waals surface area contributed by atoms with E-state index >= 15 is 0 Å². The van der Waals surface area contributed by atoms with E-state index in [0.29, 0.717) is 19.0 Å². The van der Waals surface area contributed by atoms with Gasteiger partial charge in [-0.15, -0.1) is 0 Å². The molecular formula is C9H20N2O2. The number of amides is 1. The third-order valence-corrected chi connectivity index (χ3v) is 1.88. The Bertz CT molecular complexity index is 149.